The molecule has 1 rings (SSSR count). The summed E-state index contributed by atoms with van der Waals surface area (Å²) in [6, 6.07) is 8.32. The summed E-state index contributed by atoms with van der Waals surface area (Å²) in [6.45, 7) is 2.23. The van der Waals surface area contributed by atoms with Gasteiger partial charge in [0.15, 0.2) is 0 Å². The van der Waals surface area contributed by atoms with E-state index >= 15 is 0 Å². The van der Waals surface area contributed by atoms with E-state index in [1.807, 2.05) is 12.1 Å². The molecule has 0 atom stereocenters. The van der Waals surface area contributed by atoms with E-state index in [9.17, 15) is 0 Å². The lowest BCUT2D eigenvalue weighted by Crippen LogP contribution is -1.85. The van der Waals surface area contributed by atoms with Crippen molar-refractivity contribution in [2.75, 3.05) is 7.11 Å². The van der Waals surface area contributed by atoms with E-state index in [0.717, 1.165) is 18.6 Å². The molecule has 0 bridgehead atoms. The minimum absolute atomic E-state index is 0.933. The van der Waals surface area contributed by atoms with Gasteiger partial charge >= 0.3 is 0 Å². The van der Waals surface area contributed by atoms with Crippen molar-refractivity contribution in [2.45, 2.75) is 39.0 Å². The molecular formula is C15H22O. The van der Waals surface area contributed by atoms with Crippen LogP contribution in [0.4, 0.5) is 0 Å². The van der Waals surface area contributed by atoms with E-state index in [0.29, 0.717) is 0 Å². The smallest absolute Gasteiger partial charge is 0.118 e. The topological polar surface area (TPSA) is 9.23 Å². The molecule has 88 valence electrons. The van der Waals surface area contributed by atoms with Crippen LogP contribution < -0.4 is 4.74 Å². The van der Waals surface area contributed by atoms with Crippen LogP contribution in [-0.4, -0.2) is 7.11 Å². The van der Waals surface area contributed by atoms with Crippen molar-refractivity contribution in [3.8, 4) is 5.75 Å². The van der Waals surface area contributed by atoms with Gasteiger partial charge in [0.05, 0.1) is 7.11 Å². The van der Waals surface area contributed by atoms with E-state index in [4.69, 9.17) is 4.74 Å². The summed E-state index contributed by atoms with van der Waals surface area (Å²) in [6.07, 6.45) is 10.6. The maximum atomic E-state index is 5.13. The Labute approximate surface area is 99.1 Å². The maximum absolute atomic E-state index is 5.13. The molecule has 1 heteroatoms. The Hall–Kier alpha value is -1.24. The van der Waals surface area contributed by atoms with Crippen molar-refractivity contribution in [3.63, 3.8) is 0 Å². The van der Waals surface area contributed by atoms with Gasteiger partial charge in [-0.2, -0.15) is 0 Å². The van der Waals surface area contributed by atoms with Gasteiger partial charge in [-0.1, -0.05) is 44.1 Å². The molecule has 0 aliphatic rings. The molecule has 0 saturated carbocycles. The molecule has 0 N–H and O–H groups in total. The van der Waals surface area contributed by atoms with Gasteiger partial charge in [0, 0.05) is 0 Å². The molecule has 0 spiro atoms. The predicted molar refractivity (Wildman–Crippen MR) is 70.0 cm³/mol. The average molecular weight is 218 g/mol. The first-order valence-electron chi connectivity index (χ1n) is 6.14. The number of allylic oxidation sites excluding steroid dienone is 2. The van der Waals surface area contributed by atoms with Gasteiger partial charge in [-0.25, -0.2) is 0 Å². The number of unbranched alkanes of at least 4 members (excludes halogenated alkanes) is 2. The molecule has 0 unspecified atom stereocenters. The van der Waals surface area contributed by atoms with E-state index in [1.54, 1.807) is 7.11 Å². The van der Waals surface area contributed by atoms with E-state index in [-0.39, 0.29) is 0 Å². The zero-order valence-electron chi connectivity index (χ0n) is 10.4. The minimum Gasteiger partial charge on any atom is -0.497 e. The van der Waals surface area contributed by atoms with Gasteiger partial charge in [-0.05, 0) is 37.0 Å². The van der Waals surface area contributed by atoms with Gasteiger partial charge in [0.2, 0.25) is 0 Å². The van der Waals surface area contributed by atoms with Crippen LogP contribution in [0.3, 0.4) is 0 Å². The molecule has 0 aliphatic heterocycles. The van der Waals surface area contributed by atoms with Gasteiger partial charge in [0.1, 0.15) is 5.75 Å². The van der Waals surface area contributed by atoms with Crippen molar-refractivity contribution in [1.29, 1.82) is 0 Å². The van der Waals surface area contributed by atoms with Crippen LogP contribution in [0, 0.1) is 0 Å². The molecule has 0 aromatic heterocycles. The molecule has 0 radical (unpaired) electrons. The summed E-state index contributed by atoms with van der Waals surface area (Å²) in [5.74, 6) is 0.933. The zero-order valence-corrected chi connectivity index (χ0v) is 10.4. The Balaban J connectivity index is 2.23. The highest BCUT2D eigenvalue weighted by Crippen LogP contribution is 2.12. The largest absolute Gasteiger partial charge is 0.497 e. The Kier molecular flexibility index (Phi) is 6.39. The van der Waals surface area contributed by atoms with Crippen LogP contribution >= 0.6 is 0 Å². The molecule has 16 heavy (non-hydrogen) atoms. The molecule has 0 aliphatic carbocycles. The molecule has 0 saturated heterocycles. The lowest BCUT2D eigenvalue weighted by molar-refractivity contribution is 0.414. The Morgan fingerprint density at radius 1 is 1.06 bits per heavy atom. The SMILES string of the molecule is CCCC/C=C/CCc1ccc(OC)cc1. The van der Waals surface area contributed by atoms with Gasteiger partial charge < -0.3 is 4.74 Å². The summed E-state index contributed by atoms with van der Waals surface area (Å²) in [5, 5.41) is 0. The van der Waals surface area contributed by atoms with Gasteiger partial charge in [-0.15, -0.1) is 0 Å². The van der Waals surface area contributed by atoms with Crippen LogP contribution in [0.15, 0.2) is 36.4 Å². The lowest BCUT2D eigenvalue weighted by atomic mass is 10.1. The van der Waals surface area contributed by atoms with Crippen molar-refractivity contribution in [3.05, 3.63) is 42.0 Å². The molecule has 1 nitrogen and oxygen atoms in total. The summed E-state index contributed by atoms with van der Waals surface area (Å²) >= 11 is 0. The fourth-order valence-electron chi connectivity index (χ4n) is 1.60. The van der Waals surface area contributed by atoms with E-state index < -0.39 is 0 Å². The fourth-order valence-corrected chi connectivity index (χ4v) is 1.60. The standard InChI is InChI=1S/C15H22O/c1-3-4-5-6-7-8-9-14-10-12-15(16-2)13-11-14/h6-7,10-13H,3-5,8-9H2,1-2H3/b7-6+. The Morgan fingerprint density at radius 2 is 1.75 bits per heavy atom. The molecule has 0 amide bonds. The zero-order chi connectivity index (χ0) is 11.6. The quantitative estimate of drug-likeness (QED) is 0.487. The normalized spacial score (nSPS) is 10.9. The maximum Gasteiger partial charge on any atom is 0.118 e. The summed E-state index contributed by atoms with van der Waals surface area (Å²) in [5.41, 5.74) is 1.38. The van der Waals surface area contributed by atoms with Crippen LogP contribution in [0.25, 0.3) is 0 Å². The number of rotatable bonds is 7. The summed E-state index contributed by atoms with van der Waals surface area (Å²) in [4.78, 5) is 0. The Bertz CT molecular complexity index is 298. The van der Waals surface area contributed by atoms with Crippen molar-refractivity contribution in [2.24, 2.45) is 0 Å². The van der Waals surface area contributed by atoms with Gasteiger partial charge in [0.25, 0.3) is 0 Å². The first kappa shape index (κ1) is 12.8. The second-order valence-electron chi connectivity index (χ2n) is 4.00. The number of methoxy groups -OCH3 is 1. The second-order valence-corrected chi connectivity index (χ2v) is 4.00. The third-order valence-corrected chi connectivity index (χ3v) is 2.65. The highest BCUT2D eigenvalue weighted by Gasteiger charge is 1.92. The molecule has 1 aromatic rings. The first-order valence-corrected chi connectivity index (χ1v) is 6.14. The highest BCUT2D eigenvalue weighted by molar-refractivity contribution is 5.27. The number of benzene rings is 1. The van der Waals surface area contributed by atoms with Crippen LogP contribution in [0.1, 0.15) is 38.2 Å². The molecule has 0 fully saturated rings. The lowest BCUT2D eigenvalue weighted by Gasteiger charge is -2.01. The van der Waals surface area contributed by atoms with Gasteiger partial charge in [-0.3, -0.25) is 0 Å². The van der Waals surface area contributed by atoms with Crippen molar-refractivity contribution >= 4 is 0 Å². The molecule has 1 aromatic carbocycles. The Morgan fingerprint density at radius 3 is 2.38 bits per heavy atom. The third-order valence-electron chi connectivity index (χ3n) is 2.65. The second kappa shape index (κ2) is 7.98. The average Bonchev–Trinajstić information content (AvgIpc) is 2.34. The summed E-state index contributed by atoms with van der Waals surface area (Å²) in [7, 11) is 1.70. The van der Waals surface area contributed by atoms with Crippen LogP contribution in [0.5, 0.6) is 5.75 Å². The number of aryl methyl sites for hydroxylation is 1. The first-order chi connectivity index (χ1) is 7.86. The van der Waals surface area contributed by atoms with Crippen molar-refractivity contribution in [1.82, 2.24) is 0 Å². The summed E-state index contributed by atoms with van der Waals surface area (Å²) < 4.78 is 5.13. The minimum atomic E-state index is 0.933. The molecule has 0 heterocycles. The van der Waals surface area contributed by atoms with Crippen LogP contribution in [-0.2, 0) is 6.42 Å². The number of hydrogen-bond donors (Lipinski definition) is 0. The third kappa shape index (κ3) is 5.01. The monoisotopic (exact) mass is 218 g/mol. The predicted octanol–water partition coefficient (Wildman–Crippen LogP) is 4.37. The molecular weight excluding hydrogens is 196 g/mol. The number of hydrogen-bond acceptors (Lipinski definition) is 1. The van der Waals surface area contributed by atoms with E-state index in [1.165, 1.54) is 24.8 Å². The fraction of sp³-hybridized carbons (Fsp3) is 0.467. The van der Waals surface area contributed by atoms with Crippen molar-refractivity contribution < 1.29 is 4.74 Å². The van der Waals surface area contributed by atoms with Crippen LogP contribution in [0.2, 0.25) is 0 Å². The van der Waals surface area contributed by atoms with E-state index in [2.05, 4.69) is 31.2 Å². The number of ether oxygens (including phenoxy) is 1. The highest BCUT2D eigenvalue weighted by atomic mass is 16.5.